The molecule has 0 heterocycles. The molecule has 0 aliphatic heterocycles. The number of amides is 1. The number of hydrogen-bond acceptors (Lipinski definition) is 3. The van der Waals surface area contributed by atoms with Gasteiger partial charge in [-0.15, -0.1) is 0 Å². The van der Waals surface area contributed by atoms with Gasteiger partial charge >= 0.3 is 0 Å². The third-order valence-corrected chi connectivity index (χ3v) is 5.93. The predicted octanol–water partition coefficient (Wildman–Crippen LogP) is 3.55. The molecule has 0 spiro atoms. The first kappa shape index (κ1) is 20.5. The number of sulfonamides is 1. The second-order valence-electron chi connectivity index (χ2n) is 6.97. The number of carbonyl (C=O) groups excluding carboxylic acids is 1. The van der Waals surface area contributed by atoms with Gasteiger partial charge in [-0.2, -0.15) is 0 Å². The molecule has 1 aliphatic carbocycles. The molecular formula is C20H30N2O3S. The first-order valence-electron chi connectivity index (χ1n) is 9.34. The highest BCUT2D eigenvalue weighted by Crippen LogP contribution is 2.23. The van der Waals surface area contributed by atoms with Crippen LogP contribution in [-0.4, -0.2) is 33.2 Å². The zero-order valence-corrected chi connectivity index (χ0v) is 16.8. The maximum Gasteiger partial charge on any atom is 0.243 e. The molecule has 2 rings (SSSR count). The number of allylic oxidation sites excluding steroid dienone is 1. The average Bonchev–Trinajstić information content (AvgIpc) is 2.60. The Kier molecular flexibility index (Phi) is 7.26. The molecule has 0 saturated heterocycles. The van der Waals surface area contributed by atoms with Crippen molar-refractivity contribution in [2.75, 3.05) is 17.1 Å². The lowest BCUT2D eigenvalue weighted by Gasteiger charge is -2.30. The van der Waals surface area contributed by atoms with Crippen LogP contribution in [0.4, 0.5) is 5.69 Å². The van der Waals surface area contributed by atoms with Crippen molar-refractivity contribution < 1.29 is 13.2 Å². The maximum absolute atomic E-state index is 12.7. The lowest BCUT2D eigenvalue weighted by Crippen LogP contribution is -2.49. The Balaban J connectivity index is 2.09. The fraction of sp³-hybridized carbons (Fsp3) is 0.550. The summed E-state index contributed by atoms with van der Waals surface area (Å²) in [7, 11) is -3.57. The summed E-state index contributed by atoms with van der Waals surface area (Å²) in [6.45, 7) is 4.32. The van der Waals surface area contributed by atoms with E-state index in [1.165, 1.54) is 22.7 Å². The van der Waals surface area contributed by atoms with E-state index in [1.54, 1.807) is 12.1 Å². The molecule has 1 atom stereocenters. The summed E-state index contributed by atoms with van der Waals surface area (Å²) >= 11 is 0. The van der Waals surface area contributed by atoms with Gasteiger partial charge < -0.3 is 5.32 Å². The summed E-state index contributed by atoms with van der Waals surface area (Å²) in [6, 6.07) is 6.47. The van der Waals surface area contributed by atoms with E-state index in [2.05, 4.69) is 11.4 Å². The first-order valence-corrected chi connectivity index (χ1v) is 11.2. The average molecular weight is 379 g/mol. The highest BCUT2D eigenvalue weighted by Gasteiger charge is 2.31. The van der Waals surface area contributed by atoms with Crippen molar-refractivity contribution in [3.63, 3.8) is 0 Å². The molecule has 26 heavy (non-hydrogen) atoms. The largest absolute Gasteiger partial charge is 0.354 e. The van der Waals surface area contributed by atoms with E-state index in [1.807, 2.05) is 26.0 Å². The van der Waals surface area contributed by atoms with E-state index in [0.29, 0.717) is 18.7 Å². The van der Waals surface area contributed by atoms with Crippen molar-refractivity contribution in [3.05, 3.63) is 41.5 Å². The van der Waals surface area contributed by atoms with E-state index >= 15 is 0 Å². The van der Waals surface area contributed by atoms with Crippen LogP contribution in [0.5, 0.6) is 0 Å². The second kappa shape index (κ2) is 9.21. The number of hydrogen-bond donors (Lipinski definition) is 1. The van der Waals surface area contributed by atoms with Gasteiger partial charge in [0, 0.05) is 6.54 Å². The van der Waals surface area contributed by atoms with E-state index < -0.39 is 16.1 Å². The summed E-state index contributed by atoms with van der Waals surface area (Å²) in [5.74, 6) is -0.241. The van der Waals surface area contributed by atoms with Crippen LogP contribution in [0.3, 0.4) is 0 Å². The van der Waals surface area contributed by atoms with Crippen molar-refractivity contribution in [2.24, 2.45) is 0 Å². The van der Waals surface area contributed by atoms with Crippen molar-refractivity contribution in [1.29, 1.82) is 0 Å². The number of anilines is 1. The third kappa shape index (κ3) is 5.59. The molecule has 1 aromatic rings. The van der Waals surface area contributed by atoms with Gasteiger partial charge in [0.05, 0.1) is 11.9 Å². The molecule has 0 radical (unpaired) electrons. The molecule has 6 heteroatoms. The first-order chi connectivity index (χ1) is 12.3. The number of nitrogens with zero attached hydrogens (tertiary/aromatic N) is 1. The van der Waals surface area contributed by atoms with Gasteiger partial charge in [-0.3, -0.25) is 9.10 Å². The molecule has 0 bridgehead atoms. The minimum Gasteiger partial charge on any atom is -0.354 e. The Labute approximate surface area is 157 Å². The molecule has 1 N–H and O–H groups in total. The summed E-state index contributed by atoms with van der Waals surface area (Å²) in [5, 5.41) is 2.93. The summed E-state index contributed by atoms with van der Waals surface area (Å²) < 4.78 is 26.0. The monoisotopic (exact) mass is 378 g/mol. The maximum atomic E-state index is 12.7. The minimum atomic E-state index is -3.57. The lowest BCUT2D eigenvalue weighted by atomic mass is 9.97. The van der Waals surface area contributed by atoms with E-state index in [4.69, 9.17) is 0 Å². The third-order valence-electron chi connectivity index (χ3n) is 4.75. The van der Waals surface area contributed by atoms with Crippen LogP contribution in [0.1, 0.15) is 51.0 Å². The van der Waals surface area contributed by atoms with Crippen molar-refractivity contribution in [2.45, 2.75) is 58.4 Å². The number of rotatable bonds is 8. The molecule has 1 aliphatic rings. The number of benzene rings is 1. The topological polar surface area (TPSA) is 66.5 Å². The highest BCUT2D eigenvalue weighted by atomic mass is 32.2. The van der Waals surface area contributed by atoms with Crippen LogP contribution >= 0.6 is 0 Å². The highest BCUT2D eigenvalue weighted by molar-refractivity contribution is 7.92. The molecule has 144 valence electrons. The standard InChI is InChI=1S/C20H30N2O3S/c1-4-19(20(23)21-15-14-17-8-6-5-7-9-17)22(26(3,24)25)18-12-10-16(2)11-13-18/h8,10-13,19H,4-7,9,14-15H2,1-3H3,(H,21,23). The van der Waals surface area contributed by atoms with Crippen molar-refractivity contribution in [3.8, 4) is 0 Å². The van der Waals surface area contributed by atoms with Gasteiger partial charge in [0.1, 0.15) is 6.04 Å². The van der Waals surface area contributed by atoms with Gasteiger partial charge in [0.15, 0.2) is 0 Å². The summed E-state index contributed by atoms with van der Waals surface area (Å²) in [6.07, 6.45) is 9.35. The van der Waals surface area contributed by atoms with Crippen LogP contribution in [0, 0.1) is 6.92 Å². The SMILES string of the molecule is CCC(C(=O)NCCC1=CCCCC1)N(c1ccc(C)cc1)S(C)(=O)=O. The van der Waals surface area contributed by atoms with Gasteiger partial charge in [0.25, 0.3) is 0 Å². The second-order valence-corrected chi connectivity index (χ2v) is 8.83. The summed E-state index contributed by atoms with van der Waals surface area (Å²) in [5.41, 5.74) is 2.96. The Morgan fingerprint density at radius 3 is 2.46 bits per heavy atom. The smallest absolute Gasteiger partial charge is 0.243 e. The Bertz CT molecular complexity index is 739. The van der Waals surface area contributed by atoms with Crippen molar-refractivity contribution in [1.82, 2.24) is 5.32 Å². The molecular weight excluding hydrogens is 348 g/mol. The van der Waals surface area contributed by atoms with Crippen LogP contribution < -0.4 is 9.62 Å². The van der Waals surface area contributed by atoms with Crippen LogP contribution in [0.2, 0.25) is 0 Å². The zero-order chi connectivity index (χ0) is 19.2. The lowest BCUT2D eigenvalue weighted by molar-refractivity contribution is -0.122. The van der Waals surface area contributed by atoms with Gasteiger partial charge in [-0.1, -0.05) is 36.3 Å². The normalized spacial score (nSPS) is 15.9. The number of aryl methyl sites for hydroxylation is 1. The quantitative estimate of drug-likeness (QED) is 0.704. The van der Waals surface area contributed by atoms with Gasteiger partial charge in [-0.25, -0.2) is 8.42 Å². The Hall–Kier alpha value is -1.82. The molecule has 5 nitrogen and oxygen atoms in total. The van der Waals surface area contributed by atoms with Gasteiger partial charge in [-0.05, 0) is 57.6 Å². The van der Waals surface area contributed by atoms with E-state index in [0.717, 1.165) is 31.1 Å². The molecule has 1 aromatic carbocycles. The predicted molar refractivity (Wildman–Crippen MR) is 107 cm³/mol. The van der Waals surface area contributed by atoms with Crippen LogP contribution in [-0.2, 0) is 14.8 Å². The van der Waals surface area contributed by atoms with Crippen LogP contribution in [0.25, 0.3) is 0 Å². The van der Waals surface area contributed by atoms with Crippen LogP contribution in [0.15, 0.2) is 35.9 Å². The minimum absolute atomic E-state index is 0.241. The fourth-order valence-electron chi connectivity index (χ4n) is 3.35. The number of carbonyl (C=O) groups is 1. The molecule has 1 amide bonds. The van der Waals surface area contributed by atoms with E-state index in [-0.39, 0.29) is 5.91 Å². The summed E-state index contributed by atoms with van der Waals surface area (Å²) in [4.78, 5) is 12.7. The molecule has 0 saturated carbocycles. The number of nitrogens with one attached hydrogen (secondary N) is 1. The van der Waals surface area contributed by atoms with Gasteiger partial charge in [0.2, 0.25) is 15.9 Å². The molecule has 0 aromatic heterocycles. The zero-order valence-electron chi connectivity index (χ0n) is 16.0. The van der Waals surface area contributed by atoms with Crippen molar-refractivity contribution >= 4 is 21.6 Å². The fourth-order valence-corrected chi connectivity index (χ4v) is 4.56. The Morgan fingerprint density at radius 2 is 1.92 bits per heavy atom. The van der Waals surface area contributed by atoms with E-state index in [9.17, 15) is 13.2 Å². The molecule has 0 fully saturated rings. The Morgan fingerprint density at radius 1 is 1.23 bits per heavy atom. The molecule has 1 unspecified atom stereocenters.